The number of amides is 2. The van der Waals surface area contributed by atoms with Crippen LogP contribution >= 0.6 is 0 Å². The Morgan fingerprint density at radius 1 is 1.18 bits per heavy atom. The Morgan fingerprint density at radius 2 is 1.91 bits per heavy atom. The number of hydrogen-bond acceptors (Lipinski definition) is 5. The largest absolute Gasteiger partial charge is 0.573 e. The normalized spacial score (nSPS) is 27.6. The summed E-state index contributed by atoms with van der Waals surface area (Å²) in [5.41, 5.74) is -0.0503. The van der Waals surface area contributed by atoms with E-state index >= 15 is 0 Å². The first-order valence-corrected chi connectivity index (χ1v) is 10.2. The molecule has 1 N–H and O–H groups in total. The van der Waals surface area contributed by atoms with E-state index in [0.29, 0.717) is 11.4 Å². The Balaban J connectivity index is 1.36. The summed E-state index contributed by atoms with van der Waals surface area (Å²) in [7, 11) is 1.52. The average molecular weight is 460 g/mol. The summed E-state index contributed by atoms with van der Waals surface area (Å²) in [6.45, 7) is 0.247. The van der Waals surface area contributed by atoms with E-state index in [9.17, 15) is 22.8 Å². The van der Waals surface area contributed by atoms with Gasteiger partial charge in [0.1, 0.15) is 17.1 Å². The highest BCUT2D eigenvalue weighted by atomic mass is 19.4. The van der Waals surface area contributed by atoms with Crippen LogP contribution in [0.1, 0.15) is 0 Å². The maximum Gasteiger partial charge on any atom is 0.573 e. The maximum absolute atomic E-state index is 13.4. The number of alkyl halides is 3. The number of rotatable bonds is 5. The van der Waals surface area contributed by atoms with Gasteiger partial charge in [-0.15, -0.1) is 13.2 Å². The maximum atomic E-state index is 13.4. The van der Waals surface area contributed by atoms with Crippen LogP contribution in [0.3, 0.4) is 0 Å². The van der Waals surface area contributed by atoms with E-state index in [1.807, 2.05) is 6.08 Å². The molecule has 172 valence electrons. The Kier molecular flexibility index (Phi) is 4.86. The first-order valence-electron chi connectivity index (χ1n) is 10.2. The van der Waals surface area contributed by atoms with Gasteiger partial charge >= 0.3 is 6.36 Å². The number of nitrogens with one attached hydrogen (secondary N) is 1. The van der Waals surface area contributed by atoms with E-state index in [1.165, 1.54) is 19.2 Å². The van der Waals surface area contributed by atoms with Crippen molar-refractivity contribution in [1.29, 1.82) is 0 Å². The van der Waals surface area contributed by atoms with Crippen LogP contribution in [-0.4, -0.2) is 43.5 Å². The molecule has 4 atom stereocenters. The third kappa shape index (κ3) is 3.60. The van der Waals surface area contributed by atoms with Gasteiger partial charge in [0, 0.05) is 5.69 Å². The van der Waals surface area contributed by atoms with Gasteiger partial charge in [-0.3, -0.25) is 9.59 Å². The summed E-state index contributed by atoms with van der Waals surface area (Å²) < 4.78 is 52.4. The van der Waals surface area contributed by atoms with E-state index in [2.05, 4.69) is 10.1 Å². The monoisotopic (exact) mass is 460 g/mol. The summed E-state index contributed by atoms with van der Waals surface area (Å²) >= 11 is 0. The van der Waals surface area contributed by atoms with Crippen molar-refractivity contribution >= 4 is 23.2 Å². The summed E-state index contributed by atoms with van der Waals surface area (Å²) in [6.07, 6.45) is -1.75. The van der Waals surface area contributed by atoms with Crippen molar-refractivity contribution in [3.63, 3.8) is 0 Å². The lowest BCUT2D eigenvalue weighted by Crippen LogP contribution is -2.41. The Hall–Kier alpha value is -3.53. The molecule has 3 aliphatic heterocycles. The van der Waals surface area contributed by atoms with E-state index in [1.54, 1.807) is 35.2 Å². The van der Waals surface area contributed by atoms with Crippen molar-refractivity contribution in [3.05, 3.63) is 60.7 Å². The molecule has 2 saturated heterocycles. The van der Waals surface area contributed by atoms with Gasteiger partial charge in [0.05, 0.1) is 37.3 Å². The summed E-state index contributed by atoms with van der Waals surface area (Å²) in [4.78, 5) is 28.1. The molecule has 0 aromatic heterocycles. The molecule has 2 bridgehead atoms. The van der Waals surface area contributed by atoms with Crippen LogP contribution in [0.25, 0.3) is 0 Å². The van der Waals surface area contributed by atoms with E-state index in [-0.39, 0.29) is 18.1 Å². The molecule has 7 nitrogen and oxygen atoms in total. The SMILES string of the molecule is COc1ccccc1N1CC23C=CC(O2)C(C(=O)Nc2ccc(OC(F)(F)F)cc2)C3C1=O. The highest BCUT2D eigenvalue weighted by molar-refractivity contribution is 6.06. The van der Waals surface area contributed by atoms with Gasteiger partial charge in [-0.2, -0.15) is 0 Å². The third-order valence-corrected chi connectivity index (χ3v) is 6.13. The number of benzene rings is 2. The molecule has 2 amide bonds. The van der Waals surface area contributed by atoms with Crippen molar-refractivity contribution in [2.45, 2.75) is 18.1 Å². The number of halogens is 3. The third-order valence-electron chi connectivity index (χ3n) is 6.13. The molecule has 4 unspecified atom stereocenters. The average Bonchev–Trinajstić information content (AvgIpc) is 3.42. The molecule has 10 heteroatoms. The number of methoxy groups -OCH3 is 1. The van der Waals surface area contributed by atoms with Crippen LogP contribution in [0, 0.1) is 11.8 Å². The predicted molar refractivity (Wildman–Crippen MR) is 111 cm³/mol. The van der Waals surface area contributed by atoms with E-state index in [0.717, 1.165) is 12.1 Å². The zero-order valence-electron chi connectivity index (χ0n) is 17.3. The lowest BCUT2D eigenvalue weighted by atomic mass is 9.77. The molecule has 2 aromatic carbocycles. The summed E-state index contributed by atoms with van der Waals surface area (Å²) in [5, 5.41) is 2.68. The molecule has 1 spiro atoms. The van der Waals surface area contributed by atoms with Gasteiger partial charge in [0.25, 0.3) is 0 Å². The van der Waals surface area contributed by atoms with Gasteiger partial charge < -0.3 is 24.4 Å². The van der Waals surface area contributed by atoms with Gasteiger partial charge in [0.15, 0.2) is 0 Å². The second kappa shape index (κ2) is 7.51. The fraction of sp³-hybridized carbons (Fsp3) is 0.304. The number of hydrogen-bond donors (Lipinski definition) is 1. The number of fused-ring (bicyclic) bond motifs is 1. The highest BCUT2D eigenvalue weighted by Crippen LogP contribution is 2.53. The van der Waals surface area contributed by atoms with Crippen molar-refractivity contribution in [3.8, 4) is 11.5 Å². The Morgan fingerprint density at radius 3 is 2.61 bits per heavy atom. The van der Waals surface area contributed by atoms with Crippen molar-refractivity contribution in [2.24, 2.45) is 11.8 Å². The zero-order chi connectivity index (χ0) is 23.4. The smallest absolute Gasteiger partial charge is 0.495 e. The number of nitrogens with zero attached hydrogens (tertiary/aromatic N) is 1. The van der Waals surface area contributed by atoms with Crippen molar-refractivity contribution < 1.29 is 37.0 Å². The molecule has 5 rings (SSSR count). The van der Waals surface area contributed by atoms with Crippen LogP contribution in [0.15, 0.2) is 60.7 Å². The minimum Gasteiger partial charge on any atom is -0.495 e. The molecule has 2 aromatic rings. The fourth-order valence-electron chi connectivity index (χ4n) is 4.82. The number of ether oxygens (including phenoxy) is 3. The minimum atomic E-state index is -4.80. The topological polar surface area (TPSA) is 77.1 Å². The van der Waals surface area contributed by atoms with Crippen molar-refractivity contribution in [2.75, 3.05) is 23.9 Å². The van der Waals surface area contributed by atoms with Gasteiger partial charge in [-0.25, -0.2) is 0 Å². The van der Waals surface area contributed by atoms with E-state index < -0.39 is 41.6 Å². The zero-order valence-corrected chi connectivity index (χ0v) is 17.3. The molecule has 3 aliphatic rings. The second-order valence-electron chi connectivity index (χ2n) is 8.06. The fourth-order valence-corrected chi connectivity index (χ4v) is 4.82. The first-order chi connectivity index (χ1) is 15.7. The highest BCUT2D eigenvalue weighted by Gasteiger charge is 2.67. The molecule has 0 saturated carbocycles. The van der Waals surface area contributed by atoms with Gasteiger partial charge in [0.2, 0.25) is 11.8 Å². The molecular weight excluding hydrogens is 441 g/mol. The van der Waals surface area contributed by atoms with Crippen LogP contribution in [-0.2, 0) is 14.3 Å². The number of anilines is 2. The van der Waals surface area contributed by atoms with Crippen molar-refractivity contribution in [1.82, 2.24) is 0 Å². The standard InChI is InChI=1S/C23H19F3N2O5/c1-31-16-5-3-2-4-15(16)28-12-22-11-10-17(33-22)18(19(22)21(28)30)20(29)27-13-6-8-14(9-7-13)32-23(24,25)26/h2-11,17-19H,12H2,1H3,(H,27,29). The van der Waals surface area contributed by atoms with Gasteiger partial charge in [-0.05, 0) is 36.4 Å². The number of carbonyl (C=O) groups excluding carboxylic acids is 2. The van der Waals surface area contributed by atoms with Crippen LogP contribution in [0.2, 0.25) is 0 Å². The van der Waals surface area contributed by atoms with Gasteiger partial charge in [-0.1, -0.05) is 24.3 Å². The van der Waals surface area contributed by atoms with E-state index in [4.69, 9.17) is 9.47 Å². The molecule has 2 fully saturated rings. The molecule has 0 aliphatic carbocycles. The lowest BCUT2D eigenvalue weighted by Gasteiger charge is -2.23. The molecule has 3 heterocycles. The Bertz CT molecular complexity index is 1130. The summed E-state index contributed by atoms with van der Waals surface area (Å²) in [6, 6.07) is 11.9. The number of carbonyl (C=O) groups is 2. The predicted octanol–water partition coefficient (Wildman–Crippen LogP) is 3.52. The minimum absolute atomic E-state index is 0.247. The lowest BCUT2D eigenvalue weighted by molar-refractivity contribution is -0.274. The molecule has 33 heavy (non-hydrogen) atoms. The van der Waals surface area contributed by atoms with Crippen LogP contribution < -0.4 is 19.7 Å². The summed E-state index contributed by atoms with van der Waals surface area (Å²) in [5.74, 6) is -2.08. The Labute approximate surface area is 186 Å². The first kappa shape index (κ1) is 21.3. The van der Waals surface area contributed by atoms with Crippen LogP contribution in [0.4, 0.5) is 24.5 Å². The van der Waals surface area contributed by atoms with Crippen LogP contribution in [0.5, 0.6) is 11.5 Å². The quantitative estimate of drug-likeness (QED) is 0.691. The second-order valence-corrected chi connectivity index (χ2v) is 8.06. The number of para-hydroxylation sites is 2. The molecule has 0 radical (unpaired) electrons. The molecular formula is C23H19F3N2O5.